The molecule has 0 aliphatic carbocycles. The third kappa shape index (κ3) is 1.92. The lowest BCUT2D eigenvalue weighted by atomic mass is 10.3. The first-order chi connectivity index (χ1) is 8.43. The number of aliphatic imine (C=N–C) groups is 1. The predicted octanol–water partition coefficient (Wildman–Crippen LogP) is 2.64. The molecule has 4 heteroatoms. The number of rotatable bonds is 2. The zero-order valence-corrected chi connectivity index (χ0v) is 9.06. The molecule has 1 aromatic heterocycles. The topological polar surface area (TPSA) is 43.1 Å². The van der Waals surface area contributed by atoms with Gasteiger partial charge in [0.2, 0.25) is 0 Å². The van der Waals surface area contributed by atoms with E-state index in [9.17, 15) is 0 Å². The van der Waals surface area contributed by atoms with E-state index >= 15 is 0 Å². The molecule has 4 nitrogen and oxygen atoms in total. The van der Waals surface area contributed by atoms with Crippen molar-refractivity contribution in [3.63, 3.8) is 0 Å². The van der Waals surface area contributed by atoms with Crippen LogP contribution in [0, 0.1) is 0 Å². The molecule has 0 fully saturated rings. The normalized spacial score (nSPS) is 11.3. The van der Waals surface area contributed by atoms with E-state index in [0.717, 1.165) is 16.7 Å². The number of fused-ring (bicyclic) bond motifs is 1. The zero-order valence-electron chi connectivity index (χ0n) is 9.06. The van der Waals surface area contributed by atoms with Crippen molar-refractivity contribution in [2.45, 2.75) is 0 Å². The molecule has 3 aromatic rings. The molecule has 0 saturated heterocycles. The molecule has 82 valence electrons. The Morgan fingerprint density at radius 1 is 0.941 bits per heavy atom. The summed E-state index contributed by atoms with van der Waals surface area (Å²) in [5, 5.41) is 8.08. The van der Waals surface area contributed by atoms with Crippen molar-refractivity contribution in [1.29, 1.82) is 0 Å². The van der Waals surface area contributed by atoms with Gasteiger partial charge in [-0.05, 0) is 24.3 Å². The lowest BCUT2D eigenvalue weighted by molar-refractivity contribution is 0.876. The molecule has 0 aliphatic heterocycles. The highest BCUT2D eigenvalue weighted by Gasteiger charge is 1.99. The highest BCUT2D eigenvalue weighted by Crippen LogP contribution is 2.11. The maximum absolute atomic E-state index is 4.33. The van der Waals surface area contributed by atoms with Crippen molar-refractivity contribution >= 4 is 23.1 Å². The third-order valence-electron chi connectivity index (χ3n) is 2.45. The van der Waals surface area contributed by atoms with Crippen LogP contribution in [-0.2, 0) is 0 Å². The Balaban J connectivity index is 1.98. The fourth-order valence-electron chi connectivity index (χ4n) is 1.61. The van der Waals surface area contributed by atoms with Crippen LogP contribution >= 0.6 is 0 Å². The van der Waals surface area contributed by atoms with Gasteiger partial charge in [0, 0.05) is 0 Å². The van der Waals surface area contributed by atoms with Gasteiger partial charge in [0.05, 0.1) is 11.2 Å². The molecule has 0 aliphatic rings. The van der Waals surface area contributed by atoms with Gasteiger partial charge in [0.15, 0.2) is 0 Å². The quantitative estimate of drug-likeness (QED) is 0.494. The number of hydrogen-bond acceptors (Lipinski definition) is 3. The van der Waals surface area contributed by atoms with Gasteiger partial charge in [-0.3, -0.25) is 0 Å². The second-order valence-electron chi connectivity index (χ2n) is 3.60. The molecule has 1 heterocycles. The Morgan fingerprint density at radius 2 is 1.71 bits per heavy atom. The molecule has 0 saturated carbocycles. The Hall–Kier alpha value is -2.49. The van der Waals surface area contributed by atoms with E-state index < -0.39 is 0 Å². The summed E-state index contributed by atoms with van der Waals surface area (Å²) in [6.07, 6.45) is 1.67. The lowest BCUT2D eigenvalue weighted by Gasteiger charge is -1.93. The van der Waals surface area contributed by atoms with Crippen molar-refractivity contribution in [1.82, 2.24) is 15.0 Å². The molecule has 0 unspecified atom stereocenters. The predicted molar refractivity (Wildman–Crippen MR) is 67.5 cm³/mol. The largest absolute Gasteiger partial charge is 0.237 e. The van der Waals surface area contributed by atoms with Crippen LogP contribution in [0.1, 0.15) is 0 Å². The molecule has 0 radical (unpaired) electrons. The van der Waals surface area contributed by atoms with Crippen LogP contribution in [0.4, 0.5) is 5.69 Å². The summed E-state index contributed by atoms with van der Waals surface area (Å²) in [5.74, 6) is 0. The van der Waals surface area contributed by atoms with E-state index in [1.807, 2.05) is 54.6 Å². The van der Waals surface area contributed by atoms with Gasteiger partial charge in [-0.1, -0.05) is 35.5 Å². The maximum atomic E-state index is 4.33. The highest BCUT2D eigenvalue weighted by molar-refractivity contribution is 5.81. The SMILES string of the molecule is C(=Nc1ccccc1)n1nnc2ccccc21. The summed E-state index contributed by atoms with van der Waals surface area (Å²) in [6.45, 7) is 0. The summed E-state index contributed by atoms with van der Waals surface area (Å²) in [7, 11) is 0. The fourth-order valence-corrected chi connectivity index (χ4v) is 1.61. The summed E-state index contributed by atoms with van der Waals surface area (Å²) < 4.78 is 1.67. The van der Waals surface area contributed by atoms with Crippen molar-refractivity contribution < 1.29 is 0 Å². The van der Waals surface area contributed by atoms with Crippen LogP contribution < -0.4 is 0 Å². The van der Waals surface area contributed by atoms with E-state index in [0.29, 0.717) is 0 Å². The average Bonchev–Trinajstić information content (AvgIpc) is 2.81. The highest BCUT2D eigenvalue weighted by atomic mass is 15.4. The first-order valence-electron chi connectivity index (χ1n) is 5.33. The average molecular weight is 222 g/mol. The van der Waals surface area contributed by atoms with E-state index in [1.165, 1.54) is 0 Å². The van der Waals surface area contributed by atoms with Gasteiger partial charge >= 0.3 is 0 Å². The summed E-state index contributed by atoms with van der Waals surface area (Å²) in [4.78, 5) is 4.33. The zero-order chi connectivity index (χ0) is 11.5. The van der Waals surface area contributed by atoms with Crippen LogP contribution in [0.15, 0.2) is 59.6 Å². The second-order valence-corrected chi connectivity index (χ2v) is 3.60. The first kappa shape index (κ1) is 9.72. The molecule has 0 spiro atoms. The van der Waals surface area contributed by atoms with Gasteiger partial charge < -0.3 is 0 Å². The van der Waals surface area contributed by atoms with E-state index in [-0.39, 0.29) is 0 Å². The van der Waals surface area contributed by atoms with E-state index in [1.54, 1.807) is 11.0 Å². The third-order valence-corrected chi connectivity index (χ3v) is 2.45. The number of para-hydroxylation sites is 2. The Kier molecular flexibility index (Phi) is 2.38. The molecule has 17 heavy (non-hydrogen) atoms. The van der Waals surface area contributed by atoms with Gasteiger partial charge in [-0.25, -0.2) is 9.67 Å². The van der Waals surface area contributed by atoms with Crippen LogP contribution in [-0.4, -0.2) is 21.3 Å². The standard InChI is InChI=1S/C13H10N4/c1-2-6-11(7-3-1)14-10-17-13-9-5-4-8-12(13)15-16-17/h1-10H. The van der Waals surface area contributed by atoms with Gasteiger partial charge in [-0.2, -0.15) is 0 Å². The summed E-state index contributed by atoms with van der Waals surface area (Å²) in [6, 6.07) is 17.5. The van der Waals surface area contributed by atoms with Crippen LogP contribution in [0.2, 0.25) is 0 Å². The van der Waals surface area contributed by atoms with Crippen LogP contribution in [0.25, 0.3) is 11.0 Å². The van der Waals surface area contributed by atoms with E-state index in [4.69, 9.17) is 0 Å². The molecular weight excluding hydrogens is 212 g/mol. The van der Waals surface area contributed by atoms with Crippen LogP contribution in [0.5, 0.6) is 0 Å². The molecule has 3 rings (SSSR count). The van der Waals surface area contributed by atoms with Gasteiger partial charge in [-0.15, -0.1) is 5.10 Å². The minimum atomic E-state index is 0.868. The number of benzene rings is 2. The molecule has 2 aromatic carbocycles. The second kappa shape index (κ2) is 4.17. The number of hydrogen-bond donors (Lipinski definition) is 0. The number of nitrogens with zero attached hydrogens (tertiary/aromatic N) is 4. The molecular formula is C13H10N4. The van der Waals surface area contributed by atoms with Gasteiger partial charge in [0.1, 0.15) is 11.9 Å². The summed E-state index contributed by atoms with van der Waals surface area (Å²) in [5.41, 5.74) is 2.71. The van der Waals surface area contributed by atoms with Gasteiger partial charge in [0.25, 0.3) is 0 Å². The van der Waals surface area contributed by atoms with Crippen LogP contribution in [0.3, 0.4) is 0 Å². The Labute approximate surface area is 98.2 Å². The number of aromatic nitrogens is 3. The molecule has 0 bridgehead atoms. The van der Waals surface area contributed by atoms with Crippen molar-refractivity contribution in [3.05, 3.63) is 54.6 Å². The van der Waals surface area contributed by atoms with Crippen molar-refractivity contribution in [3.8, 4) is 0 Å². The minimum absolute atomic E-state index is 0.868. The van der Waals surface area contributed by atoms with E-state index in [2.05, 4.69) is 15.3 Å². The molecule has 0 atom stereocenters. The monoisotopic (exact) mass is 222 g/mol. The maximum Gasteiger partial charge on any atom is 0.120 e. The lowest BCUT2D eigenvalue weighted by Crippen LogP contribution is -1.96. The first-order valence-corrected chi connectivity index (χ1v) is 5.33. The minimum Gasteiger partial charge on any atom is -0.237 e. The molecule has 0 N–H and O–H groups in total. The Morgan fingerprint density at radius 3 is 2.59 bits per heavy atom. The smallest absolute Gasteiger partial charge is 0.120 e. The fraction of sp³-hybridized carbons (Fsp3) is 0. The summed E-state index contributed by atoms with van der Waals surface area (Å²) >= 11 is 0. The van der Waals surface area contributed by atoms with Crippen molar-refractivity contribution in [2.24, 2.45) is 4.99 Å². The molecule has 0 amide bonds. The van der Waals surface area contributed by atoms with Crippen molar-refractivity contribution in [2.75, 3.05) is 0 Å². The Bertz CT molecular complexity index is 655.